The van der Waals surface area contributed by atoms with Gasteiger partial charge in [0, 0.05) is 25.9 Å². The molecule has 1 heterocycles. The summed E-state index contributed by atoms with van der Waals surface area (Å²) in [4.78, 5) is 27.3. The summed E-state index contributed by atoms with van der Waals surface area (Å²) >= 11 is 0. The third-order valence-electron chi connectivity index (χ3n) is 7.37. The van der Waals surface area contributed by atoms with E-state index in [1.54, 1.807) is 4.90 Å². The van der Waals surface area contributed by atoms with E-state index in [1.807, 2.05) is 0 Å². The predicted molar refractivity (Wildman–Crippen MR) is 111 cm³/mol. The zero-order valence-corrected chi connectivity index (χ0v) is 18.0. The number of Topliss-reactive ketones (excluding diaryl/α,β-unsaturated/α-hetero) is 1. The molecule has 1 aliphatic heterocycles. The van der Waals surface area contributed by atoms with Crippen molar-refractivity contribution in [1.82, 2.24) is 10.2 Å². The molecule has 4 rings (SSSR count). The maximum Gasteiger partial charge on any atom is 0.317 e. The Balaban J connectivity index is 1.42. The molecule has 3 aliphatic rings. The molecule has 1 atom stereocenters. The monoisotopic (exact) mass is 447 g/mol. The maximum absolute atomic E-state index is 14.7. The van der Waals surface area contributed by atoms with E-state index in [0.717, 1.165) is 25.0 Å². The van der Waals surface area contributed by atoms with Gasteiger partial charge in [0.05, 0.1) is 23.1 Å². The number of alkyl halides is 2. The van der Waals surface area contributed by atoms with Crippen molar-refractivity contribution < 1.29 is 22.8 Å². The van der Waals surface area contributed by atoms with Crippen molar-refractivity contribution >= 4 is 11.8 Å². The number of halogens is 3. The fourth-order valence-corrected chi connectivity index (χ4v) is 4.57. The first-order valence-corrected chi connectivity index (χ1v) is 11.3. The van der Waals surface area contributed by atoms with Crippen molar-refractivity contribution in [3.05, 3.63) is 35.6 Å². The van der Waals surface area contributed by atoms with Crippen molar-refractivity contribution in [2.75, 3.05) is 13.1 Å². The Hall–Kier alpha value is -2.56. The number of nitrogens with zero attached hydrogens (tertiary/aromatic N) is 2. The molecule has 8 heteroatoms. The smallest absolute Gasteiger partial charge is 0.317 e. The van der Waals surface area contributed by atoms with Crippen LogP contribution >= 0.6 is 0 Å². The summed E-state index contributed by atoms with van der Waals surface area (Å²) in [5, 5.41) is 12.0. The van der Waals surface area contributed by atoms with Gasteiger partial charge in [0.1, 0.15) is 5.82 Å². The van der Waals surface area contributed by atoms with Gasteiger partial charge in [0.2, 0.25) is 0 Å². The molecule has 1 N–H and O–H groups in total. The summed E-state index contributed by atoms with van der Waals surface area (Å²) in [5.74, 6) is -4.91. The lowest BCUT2D eigenvalue weighted by Gasteiger charge is -2.33. The van der Waals surface area contributed by atoms with Crippen LogP contribution in [0.5, 0.6) is 0 Å². The standard InChI is InChI=1S/C24H28F3N3O2/c25-18-4-2-1-3-17(18)24(26,27)6-5-19(20(31)15-23(16-28)9-10-23)29-21(32)30-13-11-22(7-8-22)12-14-30/h1-4,19H,5-15H2,(H,29,32)/t19-/m0/s1. The van der Waals surface area contributed by atoms with Crippen LogP contribution in [0.3, 0.4) is 0 Å². The van der Waals surface area contributed by atoms with E-state index >= 15 is 0 Å². The average molecular weight is 448 g/mol. The third kappa shape index (κ3) is 4.92. The molecule has 2 aliphatic carbocycles. The molecule has 2 saturated carbocycles. The quantitative estimate of drug-likeness (QED) is 0.615. The van der Waals surface area contributed by atoms with Crippen LogP contribution in [-0.2, 0) is 10.7 Å². The normalized spacial score (nSPS) is 21.5. The second-order valence-corrected chi connectivity index (χ2v) is 9.75. The Kier molecular flexibility index (Phi) is 5.95. The molecule has 5 nitrogen and oxygen atoms in total. The Morgan fingerprint density at radius 1 is 1.12 bits per heavy atom. The minimum Gasteiger partial charge on any atom is -0.328 e. The highest BCUT2D eigenvalue weighted by Gasteiger charge is 2.47. The highest BCUT2D eigenvalue weighted by atomic mass is 19.3. The second kappa shape index (κ2) is 8.42. The molecule has 1 aromatic rings. The van der Waals surface area contributed by atoms with Crippen molar-refractivity contribution in [3.63, 3.8) is 0 Å². The molecule has 0 aromatic heterocycles. The van der Waals surface area contributed by atoms with Crippen molar-refractivity contribution in [1.29, 1.82) is 5.26 Å². The van der Waals surface area contributed by atoms with Crippen LogP contribution in [0.15, 0.2) is 24.3 Å². The largest absolute Gasteiger partial charge is 0.328 e. The number of likely N-dealkylation sites (tertiary alicyclic amines) is 1. The van der Waals surface area contributed by atoms with E-state index in [9.17, 15) is 28.0 Å². The number of hydrogen-bond acceptors (Lipinski definition) is 3. The number of amides is 2. The minimum atomic E-state index is -3.48. The fraction of sp³-hybridized carbons (Fsp3) is 0.625. The van der Waals surface area contributed by atoms with Gasteiger partial charge in [0.25, 0.3) is 5.92 Å². The molecule has 1 aromatic carbocycles. The van der Waals surface area contributed by atoms with E-state index in [-0.39, 0.29) is 12.8 Å². The maximum atomic E-state index is 14.7. The third-order valence-corrected chi connectivity index (χ3v) is 7.37. The summed E-state index contributed by atoms with van der Waals surface area (Å²) in [6, 6.07) is 5.24. The number of carbonyl (C=O) groups excluding carboxylic acids is 2. The fourth-order valence-electron chi connectivity index (χ4n) is 4.57. The van der Waals surface area contributed by atoms with Crippen LogP contribution in [0.25, 0.3) is 0 Å². The van der Waals surface area contributed by atoms with Gasteiger partial charge < -0.3 is 10.2 Å². The lowest BCUT2D eigenvalue weighted by Crippen LogP contribution is -2.51. The molecule has 0 unspecified atom stereocenters. The van der Waals surface area contributed by atoms with Gasteiger partial charge in [-0.05, 0) is 56.4 Å². The molecule has 3 fully saturated rings. The topological polar surface area (TPSA) is 73.2 Å². The van der Waals surface area contributed by atoms with Crippen LogP contribution in [0.1, 0.15) is 63.4 Å². The number of ketones is 1. The summed E-state index contributed by atoms with van der Waals surface area (Å²) in [5.41, 5.74) is -1.09. The van der Waals surface area contributed by atoms with E-state index in [0.29, 0.717) is 31.3 Å². The second-order valence-electron chi connectivity index (χ2n) is 9.75. The molecular weight excluding hydrogens is 419 g/mol. The van der Waals surface area contributed by atoms with Gasteiger partial charge in [-0.15, -0.1) is 0 Å². The van der Waals surface area contributed by atoms with Crippen LogP contribution < -0.4 is 5.32 Å². The Bertz CT molecular complexity index is 925. The van der Waals surface area contributed by atoms with Crippen molar-refractivity contribution in [2.24, 2.45) is 10.8 Å². The number of hydrogen-bond donors (Lipinski definition) is 1. The summed E-state index contributed by atoms with van der Waals surface area (Å²) in [6.07, 6.45) is 4.21. The molecule has 172 valence electrons. The number of urea groups is 1. The minimum absolute atomic E-state index is 0.0666. The summed E-state index contributed by atoms with van der Waals surface area (Å²) < 4.78 is 43.3. The molecular formula is C24H28F3N3O2. The predicted octanol–water partition coefficient (Wildman–Crippen LogP) is 4.91. The van der Waals surface area contributed by atoms with Gasteiger partial charge in [-0.2, -0.15) is 5.26 Å². The molecule has 32 heavy (non-hydrogen) atoms. The highest BCUT2D eigenvalue weighted by molar-refractivity contribution is 5.89. The number of piperidine rings is 1. The average Bonchev–Trinajstić information content (AvgIpc) is 3.70. The van der Waals surface area contributed by atoms with Crippen LogP contribution in [0.4, 0.5) is 18.0 Å². The van der Waals surface area contributed by atoms with E-state index in [4.69, 9.17) is 0 Å². The number of nitriles is 1. The molecule has 1 saturated heterocycles. The van der Waals surface area contributed by atoms with Gasteiger partial charge in [-0.3, -0.25) is 4.79 Å². The first-order chi connectivity index (χ1) is 15.2. The Labute approximate surface area is 186 Å². The number of benzene rings is 1. The Morgan fingerprint density at radius 3 is 2.34 bits per heavy atom. The van der Waals surface area contributed by atoms with Crippen molar-refractivity contribution in [2.45, 2.75) is 69.8 Å². The Morgan fingerprint density at radius 2 is 1.78 bits per heavy atom. The van der Waals surface area contributed by atoms with Gasteiger partial charge in [-0.25, -0.2) is 18.0 Å². The first kappa shape index (κ1) is 22.6. The first-order valence-electron chi connectivity index (χ1n) is 11.3. The summed E-state index contributed by atoms with van der Waals surface area (Å²) in [6.45, 7) is 1.17. The molecule has 0 bridgehead atoms. The van der Waals surface area contributed by atoms with Gasteiger partial charge in [-0.1, -0.05) is 18.2 Å². The lowest BCUT2D eigenvalue weighted by atomic mass is 9.92. The SMILES string of the molecule is N#CC1(CC(=O)[C@H](CCC(F)(F)c2ccccc2F)NC(=O)N2CCC3(CC2)CC3)CC1. The summed E-state index contributed by atoms with van der Waals surface area (Å²) in [7, 11) is 0. The highest BCUT2D eigenvalue weighted by Crippen LogP contribution is 2.53. The van der Waals surface area contributed by atoms with E-state index < -0.39 is 47.0 Å². The lowest BCUT2D eigenvalue weighted by molar-refractivity contribution is -0.122. The zero-order valence-electron chi connectivity index (χ0n) is 18.0. The molecule has 2 amide bonds. The van der Waals surface area contributed by atoms with Crippen LogP contribution in [0, 0.1) is 28.0 Å². The van der Waals surface area contributed by atoms with Gasteiger partial charge >= 0.3 is 6.03 Å². The van der Waals surface area contributed by atoms with Gasteiger partial charge in [0.15, 0.2) is 5.78 Å². The van der Waals surface area contributed by atoms with Crippen LogP contribution in [-0.4, -0.2) is 35.8 Å². The molecule has 0 radical (unpaired) electrons. The van der Waals surface area contributed by atoms with E-state index in [2.05, 4.69) is 11.4 Å². The van der Waals surface area contributed by atoms with Crippen LogP contribution in [0.2, 0.25) is 0 Å². The number of nitrogens with one attached hydrogen (secondary N) is 1. The number of rotatable bonds is 8. The zero-order chi connectivity index (χ0) is 23.0. The van der Waals surface area contributed by atoms with E-state index in [1.165, 1.54) is 25.0 Å². The molecule has 1 spiro atoms. The number of carbonyl (C=O) groups is 2. The van der Waals surface area contributed by atoms with Crippen molar-refractivity contribution in [3.8, 4) is 6.07 Å².